The third-order valence-corrected chi connectivity index (χ3v) is 6.21. The van der Waals surface area contributed by atoms with Crippen LogP contribution in [0.25, 0.3) is 16.3 Å². The first-order chi connectivity index (χ1) is 14.5. The van der Waals surface area contributed by atoms with Crippen LogP contribution < -0.4 is 5.32 Å². The molecule has 0 spiro atoms. The van der Waals surface area contributed by atoms with Gasteiger partial charge in [0.1, 0.15) is 11.4 Å². The van der Waals surface area contributed by atoms with E-state index in [2.05, 4.69) is 10.4 Å². The van der Waals surface area contributed by atoms with Crippen molar-refractivity contribution in [1.82, 2.24) is 15.1 Å². The van der Waals surface area contributed by atoms with Gasteiger partial charge in [0, 0.05) is 21.6 Å². The van der Waals surface area contributed by atoms with Gasteiger partial charge < -0.3 is 5.32 Å². The summed E-state index contributed by atoms with van der Waals surface area (Å²) in [5, 5.41) is 11.4. The second-order valence-corrected chi connectivity index (χ2v) is 8.75. The second kappa shape index (κ2) is 9.23. The highest BCUT2D eigenvalue weighted by Gasteiger charge is 2.18. The van der Waals surface area contributed by atoms with Crippen LogP contribution in [0.15, 0.2) is 66.0 Å². The van der Waals surface area contributed by atoms with Crippen molar-refractivity contribution in [2.24, 2.45) is 0 Å². The minimum absolute atomic E-state index is 0.217. The first kappa shape index (κ1) is 20.9. The van der Waals surface area contributed by atoms with Gasteiger partial charge in [0.15, 0.2) is 0 Å². The van der Waals surface area contributed by atoms with Crippen LogP contribution in [0.1, 0.15) is 16.1 Å². The van der Waals surface area contributed by atoms with Crippen LogP contribution in [0.4, 0.5) is 0 Å². The van der Waals surface area contributed by atoms with Gasteiger partial charge in [-0.3, -0.25) is 4.79 Å². The number of nitrogens with one attached hydrogen (secondary N) is 1. The molecule has 2 aromatic heterocycles. The highest BCUT2D eigenvalue weighted by atomic mass is 35.5. The largest absolute Gasteiger partial charge is 0.350 e. The number of hydrogen-bond donors (Lipinski definition) is 1. The molecule has 4 nitrogen and oxygen atoms in total. The van der Waals surface area contributed by atoms with Gasteiger partial charge in [-0.05, 0) is 65.9 Å². The molecule has 0 saturated heterocycles. The van der Waals surface area contributed by atoms with E-state index in [1.165, 1.54) is 0 Å². The molecule has 0 bridgehead atoms. The maximum atomic E-state index is 13.0. The van der Waals surface area contributed by atoms with Crippen molar-refractivity contribution in [1.29, 1.82) is 0 Å². The molecule has 0 aliphatic heterocycles. The zero-order valence-corrected chi connectivity index (χ0v) is 18.7. The van der Waals surface area contributed by atoms with Crippen LogP contribution in [0.2, 0.25) is 15.1 Å². The van der Waals surface area contributed by atoms with Crippen LogP contribution in [-0.4, -0.2) is 22.2 Å². The van der Waals surface area contributed by atoms with E-state index in [1.807, 2.05) is 35.7 Å². The number of benzene rings is 2. The van der Waals surface area contributed by atoms with E-state index < -0.39 is 0 Å². The number of carbonyl (C=O) groups is 1. The molecule has 0 aliphatic carbocycles. The molecular weight excluding hydrogens is 461 g/mol. The van der Waals surface area contributed by atoms with Crippen molar-refractivity contribution in [3.8, 4) is 16.3 Å². The Balaban J connectivity index is 1.56. The maximum Gasteiger partial charge on any atom is 0.270 e. The van der Waals surface area contributed by atoms with E-state index in [9.17, 15) is 4.79 Å². The summed E-state index contributed by atoms with van der Waals surface area (Å²) in [4.78, 5) is 14.0. The average molecular weight is 477 g/mol. The molecule has 1 amide bonds. The van der Waals surface area contributed by atoms with E-state index in [0.717, 1.165) is 21.8 Å². The molecule has 4 rings (SSSR count). The van der Waals surface area contributed by atoms with Gasteiger partial charge in [-0.1, -0.05) is 46.9 Å². The molecule has 0 radical (unpaired) electrons. The summed E-state index contributed by atoms with van der Waals surface area (Å²) in [5.41, 5.74) is 2.87. The molecule has 0 saturated carbocycles. The Kier molecular flexibility index (Phi) is 6.44. The van der Waals surface area contributed by atoms with Crippen LogP contribution in [0, 0.1) is 0 Å². The van der Waals surface area contributed by atoms with Crippen LogP contribution >= 0.6 is 46.1 Å². The summed E-state index contributed by atoms with van der Waals surface area (Å²) in [6, 6.07) is 18.3. The minimum atomic E-state index is -0.217. The zero-order chi connectivity index (χ0) is 21.1. The fourth-order valence-electron chi connectivity index (χ4n) is 2.99. The van der Waals surface area contributed by atoms with Crippen LogP contribution in [-0.2, 0) is 6.42 Å². The van der Waals surface area contributed by atoms with Gasteiger partial charge in [-0.2, -0.15) is 5.10 Å². The Morgan fingerprint density at radius 1 is 1.00 bits per heavy atom. The van der Waals surface area contributed by atoms with Crippen molar-refractivity contribution in [3.05, 3.63) is 92.4 Å². The Hall–Kier alpha value is -2.31. The van der Waals surface area contributed by atoms with Gasteiger partial charge in [-0.15, -0.1) is 11.3 Å². The predicted molar refractivity (Wildman–Crippen MR) is 124 cm³/mol. The topological polar surface area (TPSA) is 46.9 Å². The van der Waals surface area contributed by atoms with Gasteiger partial charge in [-0.25, -0.2) is 4.68 Å². The summed E-state index contributed by atoms with van der Waals surface area (Å²) in [6.45, 7) is 0.431. The Labute approximate surface area is 193 Å². The number of halogens is 3. The van der Waals surface area contributed by atoms with E-state index >= 15 is 0 Å². The number of thiophene rings is 1. The minimum Gasteiger partial charge on any atom is -0.350 e. The SMILES string of the molecule is O=C(NCCc1ccc(Cl)cc1Cl)c1cc(-c2cccs2)nn1-c1ccc(Cl)cc1. The zero-order valence-electron chi connectivity index (χ0n) is 15.6. The van der Waals surface area contributed by atoms with Gasteiger partial charge in [0.05, 0.1) is 10.6 Å². The lowest BCUT2D eigenvalue weighted by Gasteiger charge is -2.09. The molecular formula is C22H16Cl3N3OS. The van der Waals surface area contributed by atoms with Gasteiger partial charge >= 0.3 is 0 Å². The molecule has 2 heterocycles. The highest BCUT2D eigenvalue weighted by molar-refractivity contribution is 7.13. The van der Waals surface area contributed by atoms with Gasteiger partial charge in [0.25, 0.3) is 5.91 Å². The standard InChI is InChI=1S/C22H16Cl3N3OS/c23-15-5-7-17(8-6-15)28-20(13-19(27-28)21-2-1-11-30-21)22(29)26-10-9-14-3-4-16(24)12-18(14)25/h1-8,11-13H,9-10H2,(H,26,29). The molecule has 0 aliphatic rings. The summed E-state index contributed by atoms with van der Waals surface area (Å²) < 4.78 is 1.63. The quantitative estimate of drug-likeness (QED) is 0.344. The van der Waals surface area contributed by atoms with Crippen LogP contribution in [0.5, 0.6) is 0 Å². The smallest absolute Gasteiger partial charge is 0.270 e. The lowest BCUT2D eigenvalue weighted by Crippen LogP contribution is -2.27. The number of nitrogens with zero attached hydrogens (tertiary/aromatic N) is 2. The first-order valence-electron chi connectivity index (χ1n) is 9.13. The summed E-state index contributed by atoms with van der Waals surface area (Å²) >= 11 is 19.7. The van der Waals surface area contributed by atoms with E-state index in [1.54, 1.807) is 46.4 Å². The second-order valence-electron chi connectivity index (χ2n) is 6.52. The molecule has 4 aromatic rings. The third-order valence-electron chi connectivity index (χ3n) is 4.48. The first-order valence-corrected chi connectivity index (χ1v) is 11.1. The Bertz CT molecular complexity index is 1170. The molecule has 0 atom stereocenters. The van der Waals surface area contributed by atoms with Crippen molar-refractivity contribution < 1.29 is 4.79 Å². The Morgan fingerprint density at radius 3 is 2.47 bits per heavy atom. The highest BCUT2D eigenvalue weighted by Crippen LogP contribution is 2.26. The molecule has 8 heteroatoms. The lowest BCUT2D eigenvalue weighted by atomic mass is 10.1. The fourth-order valence-corrected chi connectivity index (χ4v) is 4.30. The number of hydrogen-bond acceptors (Lipinski definition) is 3. The van der Waals surface area contributed by atoms with Crippen molar-refractivity contribution >= 4 is 52.0 Å². The molecule has 30 heavy (non-hydrogen) atoms. The molecule has 1 N–H and O–H groups in total. The normalized spacial score (nSPS) is 10.9. The predicted octanol–water partition coefficient (Wildman–Crippen LogP) is 6.53. The number of rotatable bonds is 6. The van der Waals surface area contributed by atoms with E-state index in [4.69, 9.17) is 34.8 Å². The third kappa shape index (κ3) is 4.71. The van der Waals surface area contributed by atoms with Crippen LogP contribution in [0.3, 0.4) is 0 Å². The van der Waals surface area contributed by atoms with Crippen molar-refractivity contribution in [2.75, 3.05) is 6.54 Å². The fraction of sp³-hybridized carbons (Fsp3) is 0.0909. The van der Waals surface area contributed by atoms with E-state index in [0.29, 0.717) is 33.7 Å². The number of aromatic nitrogens is 2. The van der Waals surface area contributed by atoms with Crippen molar-refractivity contribution in [3.63, 3.8) is 0 Å². The monoisotopic (exact) mass is 475 g/mol. The lowest BCUT2D eigenvalue weighted by molar-refractivity contribution is 0.0946. The summed E-state index contributed by atoms with van der Waals surface area (Å²) in [5.74, 6) is -0.217. The molecule has 0 fully saturated rings. The van der Waals surface area contributed by atoms with Gasteiger partial charge in [0.2, 0.25) is 0 Å². The number of carbonyl (C=O) groups excluding carboxylic acids is 1. The van der Waals surface area contributed by atoms with Crippen molar-refractivity contribution in [2.45, 2.75) is 6.42 Å². The Morgan fingerprint density at radius 2 is 1.77 bits per heavy atom. The maximum absolute atomic E-state index is 13.0. The van der Waals surface area contributed by atoms with E-state index in [-0.39, 0.29) is 5.91 Å². The molecule has 152 valence electrons. The summed E-state index contributed by atoms with van der Waals surface area (Å²) in [7, 11) is 0. The molecule has 2 aromatic carbocycles. The molecule has 0 unspecified atom stereocenters. The number of amides is 1. The average Bonchev–Trinajstić information content (AvgIpc) is 3.40. The summed E-state index contributed by atoms with van der Waals surface area (Å²) in [6.07, 6.45) is 0.592.